The Labute approximate surface area is 122 Å². The Bertz CT molecular complexity index is 378. The summed E-state index contributed by atoms with van der Waals surface area (Å²) in [5, 5.41) is 3.29. The smallest absolute Gasteiger partial charge is 0.377 e. The Hall–Kier alpha value is -0.763. The molecule has 0 radical (unpaired) electrons. The zero-order valence-electron chi connectivity index (χ0n) is 12.6. The number of hydrogen-bond donors (Lipinski definition) is 2. The minimum atomic E-state index is -2.48. The van der Waals surface area contributed by atoms with E-state index in [0.29, 0.717) is 6.54 Å². The molecular formula is C14H26N2O3Si. The first-order valence-corrected chi connectivity index (χ1v) is 8.77. The molecule has 0 saturated heterocycles. The molecule has 6 heteroatoms. The maximum Gasteiger partial charge on any atom is 0.500 e. The van der Waals surface area contributed by atoms with E-state index >= 15 is 0 Å². The summed E-state index contributed by atoms with van der Waals surface area (Å²) < 4.78 is 16.3. The van der Waals surface area contributed by atoms with E-state index in [1.165, 1.54) is 11.1 Å². The predicted octanol–water partition coefficient (Wildman–Crippen LogP) is 1.16. The minimum Gasteiger partial charge on any atom is -0.377 e. The highest BCUT2D eigenvalue weighted by atomic mass is 28.4. The van der Waals surface area contributed by atoms with Gasteiger partial charge in [0.25, 0.3) is 0 Å². The standard InChI is InChI=1S/C14H26N2O3Si/c1-17-20(18-2,19-3)10-7-13-5-4-6-14(11-13)12-16-9-8-15/h4-6,11,16H,7-10,12,15H2,1-3H3. The van der Waals surface area contributed by atoms with Gasteiger partial charge < -0.3 is 24.3 Å². The van der Waals surface area contributed by atoms with Crippen LogP contribution in [0.4, 0.5) is 0 Å². The van der Waals surface area contributed by atoms with Gasteiger partial charge >= 0.3 is 8.80 Å². The van der Waals surface area contributed by atoms with E-state index in [2.05, 4.69) is 29.6 Å². The molecule has 1 aromatic carbocycles. The Morgan fingerprint density at radius 1 is 1.10 bits per heavy atom. The second kappa shape index (κ2) is 9.22. The highest BCUT2D eigenvalue weighted by Gasteiger charge is 2.37. The molecule has 3 N–H and O–H groups in total. The molecule has 1 rings (SSSR count). The monoisotopic (exact) mass is 298 g/mol. The van der Waals surface area contributed by atoms with Gasteiger partial charge in [-0.05, 0) is 17.5 Å². The molecule has 0 heterocycles. The summed E-state index contributed by atoms with van der Waals surface area (Å²) in [4.78, 5) is 0. The molecule has 0 spiro atoms. The first-order valence-electron chi connectivity index (χ1n) is 6.83. The van der Waals surface area contributed by atoms with Crippen molar-refractivity contribution in [1.82, 2.24) is 5.32 Å². The third kappa shape index (κ3) is 5.32. The van der Waals surface area contributed by atoms with Gasteiger partial charge in [-0.3, -0.25) is 0 Å². The van der Waals surface area contributed by atoms with Gasteiger partial charge in [0, 0.05) is 47.0 Å². The number of hydrogen-bond acceptors (Lipinski definition) is 5. The predicted molar refractivity (Wildman–Crippen MR) is 82.5 cm³/mol. The number of nitrogens with two attached hydrogens (primary N) is 1. The summed E-state index contributed by atoms with van der Waals surface area (Å²) in [6, 6.07) is 9.28. The number of aryl methyl sites for hydroxylation is 1. The van der Waals surface area contributed by atoms with Crippen molar-refractivity contribution in [2.45, 2.75) is 19.0 Å². The highest BCUT2D eigenvalue weighted by molar-refractivity contribution is 6.60. The van der Waals surface area contributed by atoms with Crippen LogP contribution in [-0.2, 0) is 26.2 Å². The summed E-state index contributed by atoms with van der Waals surface area (Å²) >= 11 is 0. The molecule has 0 fully saturated rings. The van der Waals surface area contributed by atoms with E-state index in [-0.39, 0.29) is 0 Å². The average Bonchev–Trinajstić information content (AvgIpc) is 2.50. The van der Waals surface area contributed by atoms with Crippen molar-refractivity contribution in [2.75, 3.05) is 34.4 Å². The second-order valence-electron chi connectivity index (χ2n) is 4.58. The van der Waals surface area contributed by atoms with Crippen LogP contribution in [0.2, 0.25) is 6.04 Å². The van der Waals surface area contributed by atoms with Crippen LogP contribution < -0.4 is 11.1 Å². The van der Waals surface area contributed by atoms with Crippen molar-refractivity contribution < 1.29 is 13.3 Å². The zero-order valence-corrected chi connectivity index (χ0v) is 13.6. The fraction of sp³-hybridized carbons (Fsp3) is 0.571. The van der Waals surface area contributed by atoms with Gasteiger partial charge in [0.2, 0.25) is 0 Å². The lowest BCUT2D eigenvalue weighted by atomic mass is 10.1. The molecule has 0 unspecified atom stereocenters. The van der Waals surface area contributed by atoms with Crippen LogP contribution >= 0.6 is 0 Å². The summed E-state index contributed by atoms with van der Waals surface area (Å²) in [6.45, 7) is 2.33. The number of nitrogens with one attached hydrogen (secondary N) is 1. The Morgan fingerprint density at radius 2 is 1.75 bits per heavy atom. The van der Waals surface area contributed by atoms with Crippen molar-refractivity contribution in [2.24, 2.45) is 5.73 Å². The molecule has 114 valence electrons. The minimum absolute atomic E-state index is 0.656. The molecule has 0 aliphatic heterocycles. The van der Waals surface area contributed by atoms with Crippen LogP contribution in [0.3, 0.4) is 0 Å². The van der Waals surface area contributed by atoms with Crippen LogP contribution in [0.1, 0.15) is 11.1 Å². The van der Waals surface area contributed by atoms with Crippen molar-refractivity contribution in [1.29, 1.82) is 0 Å². The van der Waals surface area contributed by atoms with Gasteiger partial charge in [-0.25, -0.2) is 0 Å². The SMILES string of the molecule is CO[Si](CCc1cccc(CNCCN)c1)(OC)OC. The summed E-state index contributed by atoms with van der Waals surface area (Å²) in [6.07, 6.45) is 0.881. The van der Waals surface area contributed by atoms with E-state index in [9.17, 15) is 0 Å². The van der Waals surface area contributed by atoms with Crippen LogP contribution in [0, 0.1) is 0 Å². The first-order chi connectivity index (χ1) is 9.69. The van der Waals surface area contributed by atoms with Gasteiger partial charge in [0.15, 0.2) is 0 Å². The number of benzene rings is 1. The fourth-order valence-corrected chi connectivity index (χ4v) is 3.79. The maximum atomic E-state index is 5.46. The van der Waals surface area contributed by atoms with Crippen molar-refractivity contribution in [3.05, 3.63) is 35.4 Å². The molecule has 0 saturated carbocycles. The summed E-state index contributed by atoms with van der Waals surface area (Å²) in [7, 11) is 2.45. The van der Waals surface area contributed by atoms with Crippen molar-refractivity contribution in [3.63, 3.8) is 0 Å². The zero-order chi connectivity index (χ0) is 14.8. The topological polar surface area (TPSA) is 65.7 Å². The lowest BCUT2D eigenvalue weighted by Crippen LogP contribution is -2.43. The van der Waals surface area contributed by atoms with Gasteiger partial charge in [-0.15, -0.1) is 0 Å². The molecule has 1 aromatic rings. The van der Waals surface area contributed by atoms with Crippen molar-refractivity contribution >= 4 is 8.80 Å². The van der Waals surface area contributed by atoms with E-state index in [0.717, 1.165) is 25.6 Å². The summed E-state index contributed by atoms with van der Waals surface area (Å²) in [5.41, 5.74) is 7.99. The van der Waals surface area contributed by atoms with Crippen LogP contribution in [0.15, 0.2) is 24.3 Å². The molecule has 5 nitrogen and oxygen atoms in total. The molecule has 0 bridgehead atoms. The largest absolute Gasteiger partial charge is 0.500 e. The highest BCUT2D eigenvalue weighted by Crippen LogP contribution is 2.17. The summed E-state index contributed by atoms with van der Waals surface area (Å²) in [5.74, 6) is 0. The number of rotatable bonds is 10. The Balaban J connectivity index is 2.57. The second-order valence-corrected chi connectivity index (χ2v) is 7.67. The van der Waals surface area contributed by atoms with Crippen molar-refractivity contribution in [3.8, 4) is 0 Å². The lowest BCUT2D eigenvalue weighted by Gasteiger charge is -2.24. The Kier molecular flexibility index (Phi) is 7.97. The quantitative estimate of drug-likeness (QED) is 0.501. The molecule has 0 atom stereocenters. The van der Waals surface area contributed by atoms with Crippen LogP contribution in [0.5, 0.6) is 0 Å². The lowest BCUT2D eigenvalue weighted by molar-refractivity contribution is 0.123. The van der Waals surface area contributed by atoms with Gasteiger partial charge in [0.1, 0.15) is 0 Å². The molecule has 20 heavy (non-hydrogen) atoms. The first kappa shape index (κ1) is 17.3. The van der Waals surface area contributed by atoms with E-state index in [4.69, 9.17) is 19.0 Å². The maximum absolute atomic E-state index is 5.46. The van der Waals surface area contributed by atoms with Gasteiger partial charge in [-0.1, -0.05) is 24.3 Å². The molecular weight excluding hydrogens is 272 g/mol. The fourth-order valence-electron chi connectivity index (χ4n) is 2.08. The van der Waals surface area contributed by atoms with Gasteiger partial charge in [-0.2, -0.15) is 0 Å². The molecule has 0 aromatic heterocycles. The Morgan fingerprint density at radius 3 is 2.35 bits per heavy atom. The molecule has 0 aliphatic rings. The third-order valence-electron chi connectivity index (χ3n) is 3.29. The van der Waals surface area contributed by atoms with Crippen LogP contribution in [0.25, 0.3) is 0 Å². The third-order valence-corrected chi connectivity index (χ3v) is 6.02. The van der Waals surface area contributed by atoms with E-state index < -0.39 is 8.80 Å². The van der Waals surface area contributed by atoms with Crippen LogP contribution in [-0.4, -0.2) is 43.2 Å². The normalized spacial score (nSPS) is 11.8. The molecule has 0 amide bonds. The van der Waals surface area contributed by atoms with E-state index in [1.54, 1.807) is 21.3 Å². The molecule has 0 aliphatic carbocycles. The van der Waals surface area contributed by atoms with Gasteiger partial charge in [0.05, 0.1) is 0 Å². The average molecular weight is 298 g/mol. The van der Waals surface area contributed by atoms with E-state index in [1.807, 2.05) is 0 Å².